The Balaban J connectivity index is 1.82. The molecule has 0 saturated carbocycles. The highest BCUT2D eigenvalue weighted by molar-refractivity contribution is 6.31. The lowest BCUT2D eigenvalue weighted by molar-refractivity contribution is -0.137. The summed E-state index contributed by atoms with van der Waals surface area (Å²) in [6.07, 6.45) is 0. The van der Waals surface area contributed by atoms with E-state index in [1.807, 2.05) is 19.1 Å². The molecule has 34 heavy (non-hydrogen) atoms. The van der Waals surface area contributed by atoms with Gasteiger partial charge in [0.1, 0.15) is 18.1 Å². The van der Waals surface area contributed by atoms with Crippen LogP contribution in [0.4, 0.5) is 4.39 Å². The monoisotopic (exact) mass is 475 g/mol. The summed E-state index contributed by atoms with van der Waals surface area (Å²) in [5.74, 6) is -1.33. The quantitative estimate of drug-likeness (QED) is 0.376. The highest BCUT2D eigenvalue weighted by Gasteiger charge is 2.22. The second-order valence-corrected chi connectivity index (χ2v) is 8.52. The molecule has 0 saturated heterocycles. The maximum atomic E-state index is 13.4. The lowest BCUT2D eigenvalue weighted by Crippen LogP contribution is -2.24. The third-order valence-electron chi connectivity index (χ3n) is 5.93. The van der Waals surface area contributed by atoms with Gasteiger partial charge in [0.2, 0.25) is 0 Å². The van der Waals surface area contributed by atoms with E-state index in [0.717, 1.165) is 10.9 Å². The first-order valence-electron chi connectivity index (χ1n) is 10.6. The molecule has 5 aromatic rings. The Morgan fingerprint density at radius 1 is 1.03 bits per heavy atom. The van der Waals surface area contributed by atoms with Crippen LogP contribution in [0.2, 0.25) is 5.02 Å². The number of carboxylic acids is 1. The molecule has 0 spiro atoms. The summed E-state index contributed by atoms with van der Waals surface area (Å²) < 4.78 is 16.4. The van der Waals surface area contributed by atoms with Crippen LogP contribution < -0.4 is 5.56 Å². The third kappa shape index (κ3) is 3.74. The molecule has 0 amide bonds. The molecule has 2 aromatic heterocycles. The number of aromatic nitrogens is 3. The number of nitrogens with zero attached hydrogens (tertiary/aromatic N) is 3. The van der Waals surface area contributed by atoms with Crippen LogP contribution in [0.5, 0.6) is 0 Å². The van der Waals surface area contributed by atoms with Gasteiger partial charge >= 0.3 is 5.97 Å². The largest absolute Gasteiger partial charge is 0.480 e. The molecule has 0 fully saturated rings. The van der Waals surface area contributed by atoms with E-state index in [9.17, 15) is 19.1 Å². The van der Waals surface area contributed by atoms with Crippen molar-refractivity contribution in [1.29, 1.82) is 0 Å². The van der Waals surface area contributed by atoms with Gasteiger partial charge < -0.3 is 9.67 Å². The van der Waals surface area contributed by atoms with Crippen LogP contribution >= 0.6 is 11.6 Å². The van der Waals surface area contributed by atoms with Gasteiger partial charge in [-0.1, -0.05) is 41.9 Å². The van der Waals surface area contributed by atoms with Gasteiger partial charge in [-0.05, 0) is 48.9 Å². The van der Waals surface area contributed by atoms with E-state index in [0.29, 0.717) is 38.3 Å². The minimum Gasteiger partial charge on any atom is -0.480 e. The topological polar surface area (TPSA) is 77.1 Å². The molecular weight excluding hydrogens is 457 g/mol. The molecule has 0 bridgehead atoms. The molecule has 0 unspecified atom stereocenters. The van der Waals surface area contributed by atoms with Gasteiger partial charge in [0, 0.05) is 32.6 Å². The Hall–Kier alpha value is -3.97. The smallest absolute Gasteiger partial charge is 0.323 e. The number of hydrogen-bond donors (Lipinski definition) is 1. The predicted octanol–water partition coefficient (Wildman–Crippen LogP) is 5.25. The van der Waals surface area contributed by atoms with Crippen molar-refractivity contribution in [2.24, 2.45) is 0 Å². The fourth-order valence-corrected chi connectivity index (χ4v) is 4.55. The molecule has 5 rings (SSSR count). The molecule has 0 aliphatic carbocycles. The molecule has 0 atom stereocenters. The van der Waals surface area contributed by atoms with Crippen LogP contribution in [0.15, 0.2) is 71.5 Å². The number of hydrogen-bond acceptors (Lipinski definition) is 3. The SMILES string of the molecule is Cc1c(-c2nn(Cc3ccc(F)cc3)c(=O)c3ccccc23)c2cc(Cl)ccc2n1CC(=O)O. The Bertz CT molecular complexity index is 1640. The van der Waals surface area contributed by atoms with Gasteiger partial charge in [0.25, 0.3) is 5.56 Å². The van der Waals surface area contributed by atoms with Gasteiger partial charge in [-0.25, -0.2) is 9.07 Å². The molecule has 0 aliphatic heterocycles. The van der Waals surface area contributed by atoms with Crippen LogP contribution in [-0.2, 0) is 17.9 Å². The van der Waals surface area contributed by atoms with Crippen LogP contribution in [0.25, 0.3) is 32.9 Å². The standard InChI is InChI=1S/C26H19ClFN3O3/c1-15-24(21-12-17(27)8-11-22(21)30(15)14-23(32)33)25-19-4-2-3-5-20(19)26(34)31(29-25)13-16-6-9-18(28)10-7-16/h2-12H,13-14H2,1H3,(H,32,33). The van der Waals surface area contributed by atoms with Gasteiger partial charge in [0.05, 0.1) is 11.9 Å². The summed E-state index contributed by atoms with van der Waals surface area (Å²) >= 11 is 6.31. The van der Waals surface area contributed by atoms with Crippen LogP contribution in [0.1, 0.15) is 11.3 Å². The highest BCUT2D eigenvalue weighted by Crippen LogP contribution is 2.37. The fraction of sp³-hybridized carbons (Fsp3) is 0.115. The van der Waals surface area contributed by atoms with Crippen molar-refractivity contribution in [2.75, 3.05) is 0 Å². The van der Waals surface area contributed by atoms with Crippen molar-refractivity contribution in [3.63, 3.8) is 0 Å². The minimum absolute atomic E-state index is 0.157. The van der Waals surface area contributed by atoms with Crippen molar-refractivity contribution >= 4 is 39.2 Å². The number of benzene rings is 3. The summed E-state index contributed by atoms with van der Waals surface area (Å²) in [5, 5.41) is 16.6. The maximum absolute atomic E-state index is 13.4. The average Bonchev–Trinajstić information content (AvgIpc) is 3.07. The number of aliphatic carboxylic acids is 1. The number of halogens is 2. The van der Waals surface area contributed by atoms with E-state index in [1.54, 1.807) is 47.0 Å². The number of fused-ring (bicyclic) bond motifs is 2. The Labute approximate surface area is 198 Å². The van der Waals surface area contributed by atoms with Crippen molar-refractivity contribution in [2.45, 2.75) is 20.0 Å². The maximum Gasteiger partial charge on any atom is 0.323 e. The predicted molar refractivity (Wildman–Crippen MR) is 130 cm³/mol. The second-order valence-electron chi connectivity index (χ2n) is 8.09. The van der Waals surface area contributed by atoms with Gasteiger partial charge in [-0.3, -0.25) is 9.59 Å². The van der Waals surface area contributed by atoms with E-state index in [1.165, 1.54) is 16.8 Å². The van der Waals surface area contributed by atoms with E-state index in [4.69, 9.17) is 16.7 Å². The second kappa shape index (κ2) is 8.43. The van der Waals surface area contributed by atoms with Gasteiger partial charge in [-0.15, -0.1) is 0 Å². The molecule has 0 radical (unpaired) electrons. The third-order valence-corrected chi connectivity index (χ3v) is 6.16. The first kappa shape index (κ1) is 21.9. The summed E-state index contributed by atoms with van der Waals surface area (Å²) in [7, 11) is 0. The zero-order valence-electron chi connectivity index (χ0n) is 18.1. The number of carboxylic acid groups (broad SMARTS) is 1. The summed E-state index contributed by atoms with van der Waals surface area (Å²) in [4.78, 5) is 24.8. The molecule has 8 heteroatoms. The molecule has 6 nitrogen and oxygen atoms in total. The van der Waals surface area contributed by atoms with Crippen molar-refractivity contribution < 1.29 is 14.3 Å². The summed E-state index contributed by atoms with van der Waals surface area (Å²) in [6, 6.07) is 18.4. The first-order valence-corrected chi connectivity index (χ1v) is 11.0. The lowest BCUT2D eigenvalue weighted by Gasteiger charge is -2.12. The van der Waals surface area contributed by atoms with E-state index < -0.39 is 5.97 Å². The molecule has 2 heterocycles. The lowest BCUT2D eigenvalue weighted by atomic mass is 10.0. The zero-order valence-corrected chi connectivity index (χ0v) is 18.9. The summed E-state index contributed by atoms with van der Waals surface area (Å²) in [5.41, 5.74) is 3.12. The van der Waals surface area contributed by atoms with Crippen molar-refractivity contribution in [3.8, 4) is 11.3 Å². The van der Waals surface area contributed by atoms with Crippen LogP contribution in [-0.4, -0.2) is 25.4 Å². The average molecular weight is 476 g/mol. The Morgan fingerprint density at radius 3 is 2.44 bits per heavy atom. The number of rotatable bonds is 5. The minimum atomic E-state index is -0.972. The molecule has 1 N–H and O–H groups in total. The normalized spacial score (nSPS) is 11.4. The first-order chi connectivity index (χ1) is 16.3. The van der Waals surface area contributed by atoms with E-state index in [-0.39, 0.29) is 24.5 Å². The number of carbonyl (C=O) groups is 1. The van der Waals surface area contributed by atoms with Gasteiger partial charge in [0.15, 0.2) is 0 Å². The molecule has 170 valence electrons. The van der Waals surface area contributed by atoms with E-state index >= 15 is 0 Å². The summed E-state index contributed by atoms with van der Waals surface area (Å²) in [6.45, 7) is 1.76. The molecular formula is C26H19ClFN3O3. The highest BCUT2D eigenvalue weighted by atomic mass is 35.5. The van der Waals surface area contributed by atoms with Gasteiger partial charge in [-0.2, -0.15) is 5.10 Å². The van der Waals surface area contributed by atoms with Crippen molar-refractivity contribution in [1.82, 2.24) is 14.3 Å². The van der Waals surface area contributed by atoms with E-state index in [2.05, 4.69) is 0 Å². The van der Waals surface area contributed by atoms with Crippen molar-refractivity contribution in [3.05, 3.63) is 99.2 Å². The zero-order chi connectivity index (χ0) is 24.0. The molecule has 3 aromatic carbocycles. The Kier molecular flexibility index (Phi) is 5.42. The van der Waals surface area contributed by atoms with Crippen LogP contribution in [0.3, 0.4) is 0 Å². The van der Waals surface area contributed by atoms with Crippen LogP contribution in [0, 0.1) is 12.7 Å². The fourth-order valence-electron chi connectivity index (χ4n) is 4.38. The molecule has 0 aliphatic rings. The Morgan fingerprint density at radius 2 is 1.74 bits per heavy atom.